The van der Waals surface area contributed by atoms with Crippen molar-refractivity contribution in [3.05, 3.63) is 45.4 Å². The average molecular weight is 333 g/mol. The maximum absolute atomic E-state index is 14.0. The van der Waals surface area contributed by atoms with Crippen molar-refractivity contribution < 1.29 is 27.1 Å². The summed E-state index contributed by atoms with van der Waals surface area (Å²) in [7, 11) is -4.14. The van der Waals surface area contributed by atoms with E-state index in [-0.39, 0.29) is 0 Å². The second-order valence-corrected chi connectivity index (χ2v) is 7.42. The lowest BCUT2D eigenvalue weighted by atomic mass is 10.2. The molecule has 21 heavy (non-hydrogen) atoms. The molecule has 2 aromatic rings. The van der Waals surface area contributed by atoms with Crippen LogP contribution in [0.25, 0.3) is 0 Å². The Morgan fingerprint density at radius 1 is 1.38 bits per heavy atom. The fraction of sp³-hybridized carbons (Fsp3) is 0.167. The van der Waals surface area contributed by atoms with Gasteiger partial charge in [-0.1, -0.05) is 0 Å². The first-order valence-corrected chi connectivity index (χ1v) is 8.04. The summed E-state index contributed by atoms with van der Waals surface area (Å²) in [5.74, 6) is -5.31. The molecule has 112 valence electrons. The van der Waals surface area contributed by atoms with Gasteiger partial charge < -0.3 is 5.11 Å². The van der Waals surface area contributed by atoms with Crippen LogP contribution in [0.1, 0.15) is 20.2 Å². The highest BCUT2D eigenvalue weighted by Crippen LogP contribution is 2.25. The van der Waals surface area contributed by atoms with E-state index in [0.29, 0.717) is 16.0 Å². The molecule has 0 saturated carbocycles. The Kier molecular flexibility index (Phi) is 4.06. The zero-order valence-corrected chi connectivity index (χ0v) is 12.3. The second kappa shape index (κ2) is 5.49. The Morgan fingerprint density at radius 3 is 2.57 bits per heavy atom. The topological polar surface area (TPSA) is 84.3 Å². The molecule has 0 aliphatic rings. The number of carboxylic acid groups (broad SMARTS) is 1. The molecule has 9 heteroatoms. The summed E-state index contributed by atoms with van der Waals surface area (Å²) in [5.41, 5.74) is -1.28. The molecule has 0 unspecified atom stereocenters. The van der Waals surface area contributed by atoms with E-state index >= 15 is 0 Å². The molecule has 0 spiro atoms. The van der Waals surface area contributed by atoms with E-state index in [9.17, 15) is 22.0 Å². The molecule has 2 rings (SSSR count). The van der Waals surface area contributed by atoms with Gasteiger partial charge in [0.1, 0.15) is 16.3 Å². The van der Waals surface area contributed by atoms with Crippen molar-refractivity contribution >= 4 is 27.1 Å². The van der Waals surface area contributed by atoms with E-state index in [1.165, 1.54) is 6.20 Å². The third kappa shape index (κ3) is 3.08. The van der Waals surface area contributed by atoms with Gasteiger partial charge in [-0.05, 0) is 19.1 Å². The standard InChI is InChI=1S/C12H9F2NO4S2/c1-6-15-4-7(20-6)5-21(18,19)9-3-2-8(13)10(11(9)14)12(16)17/h2-4H,5H2,1H3,(H,16,17). The number of thiazole rings is 1. The summed E-state index contributed by atoms with van der Waals surface area (Å²) in [6, 6.07) is 1.34. The number of aryl methyl sites for hydroxylation is 1. The fourth-order valence-electron chi connectivity index (χ4n) is 1.71. The molecule has 0 aliphatic carbocycles. The lowest BCUT2D eigenvalue weighted by Crippen LogP contribution is -2.12. The number of halogens is 2. The Balaban J connectivity index is 2.50. The Morgan fingerprint density at radius 2 is 2.05 bits per heavy atom. The number of hydrogen-bond donors (Lipinski definition) is 1. The first-order valence-electron chi connectivity index (χ1n) is 5.57. The highest BCUT2D eigenvalue weighted by molar-refractivity contribution is 7.90. The SMILES string of the molecule is Cc1ncc(CS(=O)(=O)c2ccc(F)c(C(=O)O)c2F)s1. The minimum absolute atomic E-state index is 0.383. The normalized spacial score (nSPS) is 11.6. The minimum atomic E-state index is -4.14. The Bertz CT molecular complexity index is 815. The highest BCUT2D eigenvalue weighted by atomic mass is 32.2. The molecule has 1 heterocycles. The van der Waals surface area contributed by atoms with Crippen LogP contribution in [0.5, 0.6) is 0 Å². The van der Waals surface area contributed by atoms with Gasteiger partial charge in [0.2, 0.25) is 0 Å². The first-order chi connectivity index (χ1) is 9.72. The lowest BCUT2D eigenvalue weighted by molar-refractivity contribution is 0.0685. The number of rotatable bonds is 4. The van der Waals surface area contributed by atoms with Crippen LogP contribution in [0.3, 0.4) is 0 Å². The predicted molar refractivity (Wildman–Crippen MR) is 71.1 cm³/mol. The van der Waals surface area contributed by atoms with E-state index < -0.39 is 43.7 Å². The largest absolute Gasteiger partial charge is 0.477 e. The monoisotopic (exact) mass is 333 g/mol. The van der Waals surface area contributed by atoms with Gasteiger partial charge in [-0.15, -0.1) is 11.3 Å². The molecular weight excluding hydrogens is 324 g/mol. The quantitative estimate of drug-likeness (QED) is 0.869. The van der Waals surface area contributed by atoms with Gasteiger partial charge in [0.15, 0.2) is 15.7 Å². The molecular formula is C12H9F2NO4S2. The molecule has 0 amide bonds. The van der Waals surface area contributed by atoms with Crippen LogP contribution in [0.15, 0.2) is 23.2 Å². The van der Waals surface area contributed by atoms with Gasteiger partial charge in [0.25, 0.3) is 0 Å². The molecule has 1 N–H and O–H groups in total. The second-order valence-electron chi connectivity index (χ2n) is 4.14. The van der Waals surface area contributed by atoms with Gasteiger partial charge >= 0.3 is 5.97 Å². The van der Waals surface area contributed by atoms with Crippen molar-refractivity contribution in [1.29, 1.82) is 0 Å². The summed E-state index contributed by atoms with van der Waals surface area (Å²) in [6.07, 6.45) is 1.34. The number of benzene rings is 1. The molecule has 0 aliphatic heterocycles. The summed E-state index contributed by atoms with van der Waals surface area (Å²) in [5, 5.41) is 9.39. The van der Waals surface area contributed by atoms with Gasteiger partial charge in [-0.25, -0.2) is 27.0 Å². The summed E-state index contributed by atoms with van der Waals surface area (Å²) in [4.78, 5) is 14.2. The zero-order valence-electron chi connectivity index (χ0n) is 10.6. The third-order valence-corrected chi connectivity index (χ3v) is 5.38. The highest BCUT2D eigenvalue weighted by Gasteiger charge is 2.27. The maximum Gasteiger partial charge on any atom is 0.341 e. The molecule has 1 aromatic carbocycles. The van der Waals surface area contributed by atoms with Crippen molar-refractivity contribution in [2.45, 2.75) is 17.6 Å². The van der Waals surface area contributed by atoms with Gasteiger partial charge in [-0.3, -0.25) is 0 Å². The molecule has 0 bridgehead atoms. The molecule has 1 aromatic heterocycles. The Hall–Kier alpha value is -1.87. The zero-order chi connectivity index (χ0) is 15.8. The van der Waals surface area contributed by atoms with Crippen LogP contribution in [-0.4, -0.2) is 24.5 Å². The smallest absolute Gasteiger partial charge is 0.341 e. The molecule has 0 radical (unpaired) electrons. The lowest BCUT2D eigenvalue weighted by Gasteiger charge is -2.07. The number of sulfone groups is 1. The summed E-state index contributed by atoms with van der Waals surface area (Å²) < 4.78 is 51.5. The van der Waals surface area contributed by atoms with Gasteiger partial charge in [-0.2, -0.15) is 0 Å². The van der Waals surface area contributed by atoms with E-state index in [2.05, 4.69) is 4.98 Å². The predicted octanol–water partition coefficient (Wildman–Crippen LogP) is 2.40. The number of hydrogen-bond acceptors (Lipinski definition) is 5. The van der Waals surface area contributed by atoms with Crippen molar-refractivity contribution in [2.24, 2.45) is 0 Å². The van der Waals surface area contributed by atoms with E-state index in [1.54, 1.807) is 6.92 Å². The van der Waals surface area contributed by atoms with E-state index in [0.717, 1.165) is 17.4 Å². The van der Waals surface area contributed by atoms with E-state index in [1.807, 2.05) is 0 Å². The number of aromatic nitrogens is 1. The van der Waals surface area contributed by atoms with Crippen LogP contribution in [-0.2, 0) is 15.6 Å². The van der Waals surface area contributed by atoms with Gasteiger partial charge in [0.05, 0.1) is 10.8 Å². The van der Waals surface area contributed by atoms with Crippen molar-refractivity contribution in [3.63, 3.8) is 0 Å². The van der Waals surface area contributed by atoms with Crippen molar-refractivity contribution in [3.8, 4) is 0 Å². The fourth-order valence-corrected chi connectivity index (χ4v) is 4.25. The van der Waals surface area contributed by atoms with Crippen LogP contribution in [0.2, 0.25) is 0 Å². The minimum Gasteiger partial charge on any atom is -0.477 e. The van der Waals surface area contributed by atoms with Crippen LogP contribution in [0, 0.1) is 18.6 Å². The Labute approximate surface area is 122 Å². The molecule has 5 nitrogen and oxygen atoms in total. The first kappa shape index (κ1) is 15.5. The molecule has 0 saturated heterocycles. The molecule has 0 atom stereocenters. The number of carboxylic acids is 1. The maximum atomic E-state index is 14.0. The number of aromatic carboxylic acids is 1. The van der Waals surface area contributed by atoms with E-state index in [4.69, 9.17) is 5.11 Å². The van der Waals surface area contributed by atoms with Crippen LogP contribution >= 0.6 is 11.3 Å². The summed E-state index contributed by atoms with van der Waals surface area (Å²) in [6.45, 7) is 1.68. The van der Waals surface area contributed by atoms with Gasteiger partial charge in [0, 0.05) is 11.1 Å². The summed E-state index contributed by atoms with van der Waals surface area (Å²) >= 11 is 1.13. The van der Waals surface area contributed by atoms with Crippen molar-refractivity contribution in [2.75, 3.05) is 0 Å². The van der Waals surface area contributed by atoms with Crippen molar-refractivity contribution in [1.82, 2.24) is 4.98 Å². The van der Waals surface area contributed by atoms with Crippen LogP contribution < -0.4 is 0 Å². The number of carbonyl (C=O) groups is 1. The average Bonchev–Trinajstić information content (AvgIpc) is 2.72. The third-order valence-electron chi connectivity index (χ3n) is 2.61. The van der Waals surface area contributed by atoms with Crippen LogP contribution in [0.4, 0.5) is 8.78 Å². The number of nitrogens with zero attached hydrogens (tertiary/aromatic N) is 1. The molecule has 0 fully saturated rings.